The van der Waals surface area contributed by atoms with Gasteiger partial charge in [-0.3, -0.25) is 9.59 Å². The second-order valence-corrected chi connectivity index (χ2v) is 9.04. The molecule has 2 saturated heterocycles. The molecule has 2 aromatic rings. The molecule has 0 aromatic carbocycles. The number of ether oxygens (including phenoxy) is 1. The monoisotopic (exact) mass is 404 g/mol. The van der Waals surface area contributed by atoms with Gasteiger partial charge in [0.1, 0.15) is 10.5 Å². The van der Waals surface area contributed by atoms with Crippen LogP contribution in [0.3, 0.4) is 0 Å². The molecule has 0 radical (unpaired) electrons. The highest BCUT2D eigenvalue weighted by molar-refractivity contribution is 7.09. The summed E-state index contributed by atoms with van der Waals surface area (Å²) >= 11 is 1.29. The van der Waals surface area contributed by atoms with Crippen molar-refractivity contribution in [3.63, 3.8) is 0 Å². The Hall–Kier alpha value is -2.29. The third-order valence-electron chi connectivity index (χ3n) is 5.40. The average Bonchev–Trinajstić information content (AvgIpc) is 3.34. The number of amides is 1. The van der Waals surface area contributed by atoms with Gasteiger partial charge in [0.25, 0.3) is 0 Å². The van der Waals surface area contributed by atoms with E-state index in [1.54, 1.807) is 0 Å². The normalized spacial score (nSPS) is 24.4. The molecule has 150 valence electrons. The molecule has 4 heterocycles. The van der Waals surface area contributed by atoms with Gasteiger partial charge in [-0.15, -0.1) is 5.10 Å². The van der Waals surface area contributed by atoms with Gasteiger partial charge in [-0.1, -0.05) is 9.64 Å². The van der Waals surface area contributed by atoms with E-state index >= 15 is 0 Å². The van der Waals surface area contributed by atoms with Crippen LogP contribution in [-0.2, 0) is 14.3 Å². The molecule has 0 N–H and O–H groups in total. The highest BCUT2D eigenvalue weighted by atomic mass is 32.1. The number of hydrogen-bond acceptors (Lipinski definition) is 8. The Balaban J connectivity index is 1.45. The Morgan fingerprint density at radius 1 is 1.43 bits per heavy atom. The van der Waals surface area contributed by atoms with Crippen LogP contribution in [-0.4, -0.2) is 50.2 Å². The van der Waals surface area contributed by atoms with Crippen molar-refractivity contribution in [3.05, 3.63) is 17.5 Å². The number of aromatic nitrogens is 3. The van der Waals surface area contributed by atoms with Crippen LogP contribution in [0.2, 0.25) is 0 Å². The zero-order valence-electron chi connectivity index (χ0n) is 16.3. The number of likely N-dealkylation sites (tertiary alicyclic amines) is 1. The third kappa shape index (κ3) is 3.80. The Labute approximate surface area is 167 Å². The SMILES string of the molecule is Cc1cc(-c2snnc2[C@@H]2CCCN(C(=O)C[C@@H]3CC(C)(C)OC3=O)C2)on1. The second-order valence-electron chi connectivity index (χ2n) is 8.28. The van der Waals surface area contributed by atoms with E-state index in [9.17, 15) is 9.59 Å². The van der Waals surface area contributed by atoms with Crippen molar-refractivity contribution in [2.24, 2.45) is 5.92 Å². The van der Waals surface area contributed by atoms with Crippen LogP contribution < -0.4 is 0 Å². The smallest absolute Gasteiger partial charge is 0.310 e. The Morgan fingerprint density at radius 2 is 2.25 bits per heavy atom. The number of cyclic esters (lactones) is 1. The van der Waals surface area contributed by atoms with E-state index in [0.29, 0.717) is 25.3 Å². The summed E-state index contributed by atoms with van der Waals surface area (Å²) in [6.45, 7) is 6.92. The van der Waals surface area contributed by atoms with Crippen LogP contribution in [0.4, 0.5) is 0 Å². The third-order valence-corrected chi connectivity index (χ3v) is 6.15. The summed E-state index contributed by atoms with van der Waals surface area (Å²) in [5.74, 6) is 0.158. The van der Waals surface area contributed by atoms with Crippen LogP contribution in [0.15, 0.2) is 10.6 Å². The van der Waals surface area contributed by atoms with E-state index in [4.69, 9.17) is 9.26 Å². The number of hydrogen-bond donors (Lipinski definition) is 0. The van der Waals surface area contributed by atoms with Gasteiger partial charge in [0.2, 0.25) is 5.91 Å². The van der Waals surface area contributed by atoms with Crippen molar-refractivity contribution >= 4 is 23.4 Å². The number of carbonyl (C=O) groups excluding carboxylic acids is 2. The highest BCUT2D eigenvalue weighted by Crippen LogP contribution is 2.37. The number of rotatable bonds is 4. The molecule has 0 bridgehead atoms. The van der Waals surface area contributed by atoms with Crippen molar-refractivity contribution < 1.29 is 18.8 Å². The predicted octanol–water partition coefficient (Wildman–Crippen LogP) is 2.94. The van der Waals surface area contributed by atoms with Crippen LogP contribution >= 0.6 is 11.5 Å². The molecule has 2 fully saturated rings. The van der Waals surface area contributed by atoms with Crippen LogP contribution in [0.1, 0.15) is 56.8 Å². The quantitative estimate of drug-likeness (QED) is 0.723. The molecule has 2 aliphatic rings. The number of nitrogens with zero attached hydrogens (tertiary/aromatic N) is 4. The van der Waals surface area contributed by atoms with Crippen molar-refractivity contribution in [2.75, 3.05) is 13.1 Å². The van der Waals surface area contributed by atoms with Gasteiger partial charge in [0.05, 0.1) is 17.3 Å². The predicted molar refractivity (Wildman–Crippen MR) is 102 cm³/mol. The molecule has 9 heteroatoms. The lowest BCUT2D eigenvalue weighted by molar-refractivity contribution is -0.150. The minimum atomic E-state index is -0.483. The molecular formula is C19H24N4O4S. The summed E-state index contributed by atoms with van der Waals surface area (Å²) in [5, 5.41) is 8.27. The summed E-state index contributed by atoms with van der Waals surface area (Å²) in [4.78, 5) is 27.6. The molecule has 28 heavy (non-hydrogen) atoms. The zero-order valence-corrected chi connectivity index (χ0v) is 17.1. The summed E-state index contributed by atoms with van der Waals surface area (Å²) in [7, 11) is 0. The summed E-state index contributed by atoms with van der Waals surface area (Å²) in [6.07, 6.45) is 2.62. The molecule has 1 amide bonds. The molecule has 2 aliphatic heterocycles. The summed E-state index contributed by atoms with van der Waals surface area (Å²) in [5.41, 5.74) is 1.18. The number of aryl methyl sites for hydroxylation is 1. The minimum Gasteiger partial charge on any atom is -0.459 e. The molecule has 2 aromatic heterocycles. The second kappa shape index (κ2) is 7.27. The van der Waals surface area contributed by atoms with Crippen molar-refractivity contribution in [2.45, 2.75) is 58.0 Å². The van der Waals surface area contributed by atoms with Gasteiger partial charge in [-0.25, -0.2) is 0 Å². The minimum absolute atomic E-state index is 0.00426. The van der Waals surface area contributed by atoms with Crippen LogP contribution in [0, 0.1) is 12.8 Å². The topological polar surface area (TPSA) is 98.4 Å². The Morgan fingerprint density at radius 3 is 2.93 bits per heavy atom. The van der Waals surface area contributed by atoms with Crippen molar-refractivity contribution in [1.29, 1.82) is 0 Å². The van der Waals surface area contributed by atoms with E-state index in [1.807, 2.05) is 31.7 Å². The molecule has 2 atom stereocenters. The van der Waals surface area contributed by atoms with Gasteiger partial charge in [-0.2, -0.15) is 0 Å². The zero-order chi connectivity index (χ0) is 19.9. The molecule has 0 saturated carbocycles. The molecule has 0 spiro atoms. The molecule has 8 nitrogen and oxygen atoms in total. The van der Waals surface area contributed by atoms with E-state index in [2.05, 4.69) is 14.7 Å². The first kappa shape index (κ1) is 19.0. The van der Waals surface area contributed by atoms with Gasteiger partial charge >= 0.3 is 5.97 Å². The first-order chi connectivity index (χ1) is 13.3. The fourth-order valence-corrected chi connectivity index (χ4v) is 4.80. The van der Waals surface area contributed by atoms with Gasteiger partial charge < -0.3 is 14.2 Å². The lowest BCUT2D eigenvalue weighted by Crippen LogP contribution is -2.40. The maximum Gasteiger partial charge on any atom is 0.310 e. The summed E-state index contributed by atoms with van der Waals surface area (Å²) in [6, 6.07) is 1.87. The first-order valence-electron chi connectivity index (χ1n) is 9.59. The largest absolute Gasteiger partial charge is 0.459 e. The van der Waals surface area contributed by atoms with E-state index in [-0.39, 0.29) is 30.1 Å². The maximum absolute atomic E-state index is 12.8. The van der Waals surface area contributed by atoms with Crippen molar-refractivity contribution in [3.8, 4) is 10.6 Å². The van der Waals surface area contributed by atoms with Crippen molar-refractivity contribution in [1.82, 2.24) is 19.6 Å². The standard InChI is InChI=1S/C19H24N4O4S/c1-11-7-14(27-21-11)17-16(20-22-28-17)12-5-4-6-23(10-12)15(24)8-13-9-19(2,3)26-18(13)25/h7,12-13H,4-6,8-10H2,1-3H3/t12-,13-/m1/s1. The van der Waals surface area contributed by atoms with Gasteiger partial charge in [-0.05, 0) is 45.1 Å². The highest BCUT2D eigenvalue weighted by Gasteiger charge is 2.42. The van der Waals surface area contributed by atoms with Crippen LogP contribution in [0.25, 0.3) is 10.6 Å². The van der Waals surface area contributed by atoms with Gasteiger partial charge in [0.15, 0.2) is 5.76 Å². The number of carbonyl (C=O) groups is 2. The average molecular weight is 404 g/mol. The number of esters is 1. The first-order valence-corrected chi connectivity index (χ1v) is 10.4. The van der Waals surface area contributed by atoms with E-state index in [0.717, 1.165) is 29.1 Å². The summed E-state index contributed by atoms with van der Waals surface area (Å²) < 4.78 is 14.8. The fourth-order valence-electron chi connectivity index (χ4n) is 4.10. The van der Waals surface area contributed by atoms with Gasteiger partial charge in [0, 0.05) is 37.9 Å². The Kier molecular flexibility index (Phi) is 4.95. The van der Waals surface area contributed by atoms with E-state index in [1.165, 1.54) is 11.5 Å². The molecule has 0 unspecified atom stereocenters. The van der Waals surface area contributed by atoms with E-state index < -0.39 is 5.60 Å². The molecule has 4 rings (SSSR count). The maximum atomic E-state index is 12.8. The van der Waals surface area contributed by atoms with Crippen LogP contribution in [0.5, 0.6) is 0 Å². The molecular weight excluding hydrogens is 380 g/mol. The lowest BCUT2D eigenvalue weighted by Gasteiger charge is -2.32. The Bertz CT molecular complexity index is 890. The molecule has 0 aliphatic carbocycles. The lowest BCUT2D eigenvalue weighted by atomic mass is 9.91. The number of piperidine rings is 1. The fraction of sp³-hybridized carbons (Fsp3) is 0.632.